The standard InChI is InChI=1S/C54H80N2O15/c1-24-13-16-37(68-41-23-52(10,55)47(32(9)67-41)56-51(63)64-12)26(3)19-33-18-25(2)29(6)22-54(33)49(61)42(50(62)71-54)48(60)53(11)35(24)15-14-34-43(53)27(4)17-28(5)46(34)70-40-21-38(45(59)31(8)66-40)69-39-20-36(57)44(58)30(7)65-39/h13-15,18-19,27-41,43-47,57-60H,16-17,20-23,55H2,1-12H3,(H,56,63)/t27-,28-,29+,30-,31-,32+,33-,34-,35-,36+,37-,38+,39-,40-,41-,43+,44-,45-,46-,47-,52-,53+,54-/m0/s1. The van der Waals surface area contributed by atoms with Crippen molar-refractivity contribution in [1.82, 2.24) is 5.32 Å². The molecule has 23 atom stereocenters. The van der Waals surface area contributed by atoms with E-state index < -0.39 is 126 Å². The molecule has 5 fully saturated rings. The van der Waals surface area contributed by atoms with Crippen molar-refractivity contribution >= 4 is 17.8 Å². The van der Waals surface area contributed by atoms with E-state index in [0.717, 1.165) is 16.7 Å². The maximum absolute atomic E-state index is 15.4. The van der Waals surface area contributed by atoms with Gasteiger partial charge in [-0.3, -0.25) is 4.79 Å². The largest absolute Gasteiger partial charge is 0.511 e. The fourth-order valence-corrected chi connectivity index (χ4v) is 13.8. The quantitative estimate of drug-likeness (QED) is 0.101. The van der Waals surface area contributed by atoms with Crippen molar-refractivity contribution < 1.29 is 72.7 Å². The molecule has 4 aliphatic carbocycles. The molecule has 4 heterocycles. The molecule has 0 unspecified atom stereocenters. The second-order valence-electron chi connectivity index (χ2n) is 23.0. The molecule has 71 heavy (non-hydrogen) atoms. The van der Waals surface area contributed by atoms with Crippen LogP contribution in [0.2, 0.25) is 0 Å². The van der Waals surface area contributed by atoms with E-state index in [1.807, 2.05) is 60.6 Å². The predicted molar refractivity (Wildman–Crippen MR) is 259 cm³/mol. The molecule has 4 saturated heterocycles. The van der Waals surface area contributed by atoms with Crippen LogP contribution in [0.25, 0.3) is 0 Å². The summed E-state index contributed by atoms with van der Waals surface area (Å²) in [6.45, 7) is 21.3. The molecule has 396 valence electrons. The molecule has 0 aromatic carbocycles. The molecule has 17 heteroatoms. The summed E-state index contributed by atoms with van der Waals surface area (Å²) < 4.78 is 50.0. The number of rotatable bonds is 7. The number of allylic oxidation sites excluding steroid dienone is 4. The lowest BCUT2D eigenvalue weighted by molar-refractivity contribution is -0.317. The van der Waals surface area contributed by atoms with Crippen LogP contribution in [0.1, 0.15) is 115 Å². The number of amides is 1. The van der Waals surface area contributed by atoms with Gasteiger partial charge in [-0.2, -0.15) is 0 Å². The van der Waals surface area contributed by atoms with E-state index in [-0.39, 0.29) is 66.6 Å². The van der Waals surface area contributed by atoms with Gasteiger partial charge in [0.1, 0.15) is 23.5 Å². The molecule has 1 saturated carbocycles. The summed E-state index contributed by atoms with van der Waals surface area (Å²) in [5, 5.41) is 48.0. The van der Waals surface area contributed by atoms with Crippen molar-refractivity contribution in [1.29, 1.82) is 0 Å². The Bertz CT molecular complexity index is 2190. The number of carbonyl (C=O) groups excluding carboxylic acids is 3. The highest BCUT2D eigenvalue weighted by Crippen LogP contribution is 2.61. The number of ketones is 1. The van der Waals surface area contributed by atoms with Gasteiger partial charge >= 0.3 is 12.1 Å². The number of hydrogen-bond donors (Lipinski definition) is 6. The molecule has 17 nitrogen and oxygen atoms in total. The van der Waals surface area contributed by atoms with Gasteiger partial charge in [-0.25, -0.2) is 9.59 Å². The van der Waals surface area contributed by atoms with Crippen molar-refractivity contribution in [2.75, 3.05) is 7.11 Å². The summed E-state index contributed by atoms with van der Waals surface area (Å²) in [6.07, 6.45) is 2.13. The molecule has 0 aromatic heterocycles. The first kappa shape index (κ1) is 53.8. The Balaban J connectivity index is 1.16. The maximum atomic E-state index is 15.4. The van der Waals surface area contributed by atoms with E-state index in [2.05, 4.69) is 37.4 Å². The lowest BCUT2D eigenvalue weighted by Crippen LogP contribution is -2.66. The van der Waals surface area contributed by atoms with Gasteiger partial charge in [0, 0.05) is 54.4 Å². The molecular weight excluding hydrogens is 917 g/mol. The average molecular weight is 997 g/mol. The maximum Gasteiger partial charge on any atom is 0.407 e. The number of nitrogens with one attached hydrogen (secondary N) is 1. The Morgan fingerprint density at radius 1 is 0.789 bits per heavy atom. The second-order valence-corrected chi connectivity index (χ2v) is 23.0. The molecule has 0 aromatic rings. The molecule has 7 N–H and O–H groups in total. The first-order valence-corrected chi connectivity index (χ1v) is 25.8. The molecule has 2 bridgehead atoms. The molecule has 0 radical (unpaired) electrons. The number of nitrogens with two attached hydrogens (primary N) is 1. The highest BCUT2D eigenvalue weighted by atomic mass is 16.7. The number of ether oxygens (including phenoxy) is 8. The molecule has 8 aliphatic rings. The van der Waals surface area contributed by atoms with Gasteiger partial charge in [0.05, 0.1) is 55.9 Å². The van der Waals surface area contributed by atoms with E-state index in [4.69, 9.17) is 43.6 Å². The number of esters is 1. The van der Waals surface area contributed by atoms with Gasteiger partial charge in [0.25, 0.3) is 0 Å². The van der Waals surface area contributed by atoms with E-state index in [1.54, 1.807) is 13.8 Å². The summed E-state index contributed by atoms with van der Waals surface area (Å²) in [5.41, 5.74) is 5.51. The Labute approximate surface area is 418 Å². The number of Topliss-reactive ketones (excluding diaryl/α,β-unsaturated/α-hetero) is 1. The number of alkyl carbamates (subject to hydrolysis) is 1. The van der Waals surface area contributed by atoms with Crippen LogP contribution in [0.5, 0.6) is 0 Å². The van der Waals surface area contributed by atoms with Crippen LogP contribution >= 0.6 is 0 Å². The van der Waals surface area contributed by atoms with Crippen molar-refractivity contribution in [3.63, 3.8) is 0 Å². The minimum atomic E-state index is -1.62. The van der Waals surface area contributed by atoms with Gasteiger partial charge in [0.15, 0.2) is 24.5 Å². The zero-order valence-electron chi connectivity index (χ0n) is 43.5. The highest BCUT2D eigenvalue weighted by molar-refractivity contribution is 6.26. The molecule has 1 spiro atoms. The van der Waals surface area contributed by atoms with Crippen molar-refractivity contribution in [3.8, 4) is 0 Å². The van der Waals surface area contributed by atoms with Gasteiger partial charge in [-0.1, -0.05) is 69.2 Å². The zero-order chi connectivity index (χ0) is 51.8. The van der Waals surface area contributed by atoms with Gasteiger partial charge < -0.3 is 69.4 Å². The zero-order valence-corrected chi connectivity index (χ0v) is 43.5. The third-order valence-electron chi connectivity index (χ3n) is 17.8. The third-order valence-corrected chi connectivity index (χ3v) is 17.8. The van der Waals surface area contributed by atoms with Crippen LogP contribution in [-0.2, 0) is 47.5 Å². The fourth-order valence-electron chi connectivity index (χ4n) is 13.8. The molecule has 4 aliphatic heterocycles. The van der Waals surface area contributed by atoms with Crippen LogP contribution in [0.4, 0.5) is 4.79 Å². The number of aliphatic hydroxyl groups is 4. The smallest absolute Gasteiger partial charge is 0.407 e. The Hall–Kier alpha value is -3.49. The summed E-state index contributed by atoms with van der Waals surface area (Å²) in [6, 6.07) is -0.562. The third kappa shape index (κ3) is 9.86. The SMILES string of the molecule is COC(=O)N[C@H]1[C@@H](C)O[C@@H](O[C@H]2CC=C(C)[C@@H]3C=C[C@@H]4[C@@H](O[C@H]5C[C@@H](O[C@H]6C[C@@H](O)[C@@H](O)[C@H](C)O6)[C@@H](O)[C@H](C)O5)[C@@H](C)C[C@H](C)[C@H]4[C@]3(C)C(O)=C3C(=O)O[C@]4(C[C@@H](C)C(C)=C[C@H]4C=C2C)C3=O)C[C@]1(C)N. The van der Waals surface area contributed by atoms with Crippen LogP contribution in [0.3, 0.4) is 0 Å². The minimum Gasteiger partial charge on any atom is -0.511 e. The monoisotopic (exact) mass is 997 g/mol. The second kappa shape index (κ2) is 20.3. The molecular formula is C54H80N2O15. The van der Waals surface area contributed by atoms with E-state index in [0.29, 0.717) is 12.8 Å². The van der Waals surface area contributed by atoms with Gasteiger partial charge in [0.2, 0.25) is 5.78 Å². The summed E-state index contributed by atoms with van der Waals surface area (Å²) in [4.78, 5) is 42.3. The summed E-state index contributed by atoms with van der Waals surface area (Å²) >= 11 is 0. The van der Waals surface area contributed by atoms with Crippen LogP contribution in [0, 0.1) is 46.8 Å². The van der Waals surface area contributed by atoms with Gasteiger partial charge in [-0.15, -0.1) is 0 Å². The normalized spacial score (nSPS) is 48.3. The number of aliphatic hydroxyl groups excluding tert-OH is 4. The summed E-state index contributed by atoms with van der Waals surface area (Å²) in [7, 11) is 1.29. The van der Waals surface area contributed by atoms with E-state index >= 15 is 4.79 Å². The predicted octanol–water partition coefficient (Wildman–Crippen LogP) is 5.75. The van der Waals surface area contributed by atoms with Crippen molar-refractivity contribution in [3.05, 3.63) is 58.4 Å². The van der Waals surface area contributed by atoms with Crippen molar-refractivity contribution in [2.24, 2.45) is 52.6 Å². The summed E-state index contributed by atoms with van der Waals surface area (Å²) in [5.74, 6) is -3.67. The van der Waals surface area contributed by atoms with Crippen LogP contribution in [-0.4, -0.2) is 136 Å². The molecule has 8 rings (SSSR count). The number of hydrogen-bond acceptors (Lipinski definition) is 16. The number of carbonyl (C=O) groups is 3. The number of methoxy groups -OCH3 is 1. The average Bonchev–Trinajstić information content (AvgIpc) is 3.54. The highest BCUT2D eigenvalue weighted by Gasteiger charge is 2.63. The first-order valence-electron chi connectivity index (χ1n) is 25.8. The Morgan fingerprint density at radius 3 is 2.10 bits per heavy atom. The minimum absolute atomic E-state index is 0.000902. The first-order chi connectivity index (χ1) is 33.3. The topological polar surface area (TPSA) is 244 Å². The van der Waals surface area contributed by atoms with Crippen molar-refractivity contribution in [2.45, 2.75) is 206 Å². The molecule has 1 amide bonds. The van der Waals surface area contributed by atoms with Crippen LogP contribution < -0.4 is 11.1 Å². The Kier molecular flexibility index (Phi) is 15.4. The number of fused-ring (bicyclic) bond motifs is 4. The lowest BCUT2D eigenvalue weighted by Gasteiger charge is -2.56. The van der Waals surface area contributed by atoms with Crippen LogP contribution in [0.15, 0.2) is 58.4 Å². The fraction of sp³-hybridized carbons (Fsp3) is 0.759. The van der Waals surface area contributed by atoms with Gasteiger partial charge in [-0.05, 0) is 90.6 Å². The van der Waals surface area contributed by atoms with E-state index in [9.17, 15) is 30.0 Å². The lowest BCUT2D eigenvalue weighted by atomic mass is 9.49. The van der Waals surface area contributed by atoms with E-state index in [1.165, 1.54) is 7.11 Å². The Morgan fingerprint density at radius 2 is 1.44 bits per heavy atom.